The molecular weight excluding hydrogens is 393 g/mol. The van der Waals surface area contributed by atoms with Gasteiger partial charge in [0, 0.05) is 18.2 Å². The Hall–Kier alpha value is -1.97. The highest BCUT2D eigenvalue weighted by molar-refractivity contribution is 5.91. The normalized spacial score (nSPS) is 9.62. The molecule has 0 aliphatic heterocycles. The molecule has 7 nitrogen and oxygen atoms in total. The molecule has 0 aromatic carbocycles. The Morgan fingerprint density at radius 1 is 1.19 bits per heavy atom. The van der Waals surface area contributed by atoms with E-state index in [1.807, 2.05) is 0 Å². The van der Waals surface area contributed by atoms with Crippen LogP contribution in [-0.2, 0) is 30.8 Å². The van der Waals surface area contributed by atoms with Crippen molar-refractivity contribution in [1.82, 2.24) is 0 Å². The molecule has 0 atom stereocenters. The zero-order valence-electron chi connectivity index (χ0n) is 11.4. The summed E-state index contributed by atoms with van der Waals surface area (Å²) in [6, 6.07) is 3.25. The van der Waals surface area contributed by atoms with Crippen molar-refractivity contribution in [3.05, 3.63) is 42.2 Å². The maximum atomic E-state index is 11.6. The largest absolute Gasteiger partial charge is 1.00 e. The minimum Gasteiger partial charge on any atom is -1.00 e. The van der Waals surface area contributed by atoms with Crippen molar-refractivity contribution in [2.24, 2.45) is 7.05 Å². The van der Waals surface area contributed by atoms with Gasteiger partial charge in [0.2, 0.25) is 6.79 Å². The van der Waals surface area contributed by atoms with Crippen LogP contribution in [0.3, 0.4) is 0 Å². The topological polar surface area (TPSA) is 82.8 Å². The molecule has 1 rings (SSSR count). The van der Waals surface area contributed by atoms with E-state index in [-0.39, 0.29) is 24.0 Å². The number of halogens is 1. The number of aryl methyl sites for hydroxylation is 1. The monoisotopic (exact) mass is 407 g/mol. The lowest BCUT2D eigenvalue weighted by atomic mass is 10.3. The average molecular weight is 407 g/mol. The van der Waals surface area contributed by atoms with Gasteiger partial charge >= 0.3 is 17.9 Å². The molecule has 0 amide bonds. The number of methoxy groups -OCH3 is 1. The minimum absolute atomic E-state index is 0. The fraction of sp³-hybridized carbons (Fsp3) is 0.231. The summed E-state index contributed by atoms with van der Waals surface area (Å²) in [6.07, 6.45) is 5.11. The first-order valence-corrected chi connectivity index (χ1v) is 5.58. The van der Waals surface area contributed by atoms with Crippen molar-refractivity contribution in [2.45, 2.75) is 0 Å². The van der Waals surface area contributed by atoms with Gasteiger partial charge in [-0.2, -0.15) is 0 Å². The molecule has 0 fully saturated rings. The molecule has 21 heavy (non-hydrogen) atoms. The fourth-order valence-electron chi connectivity index (χ4n) is 1.19. The number of pyridine rings is 1. The van der Waals surface area contributed by atoms with Crippen LogP contribution in [0, 0.1) is 0 Å². The molecule has 0 aliphatic carbocycles. The van der Waals surface area contributed by atoms with Gasteiger partial charge in [-0.15, -0.1) is 0 Å². The van der Waals surface area contributed by atoms with Gasteiger partial charge in [-0.25, -0.2) is 19.0 Å². The van der Waals surface area contributed by atoms with E-state index in [0.717, 1.165) is 12.2 Å². The van der Waals surface area contributed by atoms with Gasteiger partial charge in [-0.05, 0) is 6.07 Å². The Morgan fingerprint density at radius 2 is 1.86 bits per heavy atom. The SMILES string of the molecule is COC(=O)/C=C/C(=O)OCOC(=O)c1ccc[n+](C)c1.[I-]. The molecule has 0 saturated carbocycles. The van der Waals surface area contributed by atoms with Crippen LogP contribution in [0.2, 0.25) is 0 Å². The molecule has 1 aromatic rings. The number of ether oxygens (including phenoxy) is 3. The van der Waals surface area contributed by atoms with Crippen molar-refractivity contribution in [1.29, 1.82) is 0 Å². The lowest BCUT2D eigenvalue weighted by Crippen LogP contribution is -3.00. The number of carbonyl (C=O) groups is 3. The van der Waals surface area contributed by atoms with Crippen LogP contribution in [0.15, 0.2) is 36.7 Å². The first-order chi connectivity index (χ1) is 9.52. The van der Waals surface area contributed by atoms with Crippen molar-refractivity contribution in [3.63, 3.8) is 0 Å². The highest BCUT2D eigenvalue weighted by atomic mass is 127. The van der Waals surface area contributed by atoms with E-state index in [1.54, 1.807) is 36.1 Å². The summed E-state index contributed by atoms with van der Waals surface area (Å²) >= 11 is 0. The van der Waals surface area contributed by atoms with Crippen molar-refractivity contribution < 1.29 is 57.1 Å². The van der Waals surface area contributed by atoms with Gasteiger partial charge in [-0.3, -0.25) is 0 Å². The molecule has 114 valence electrons. The smallest absolute Gasteiger partial charge is 0.347 e. The number of rotatable bonds is 5. The molecule has 1 heterocycles. The van der Waals surface area contributed by atoms with E-state index < -0.39 is 24.7 Å². The van der Waals surface area contributed by atoms with E-state index >= 15 is 0 Å². The third-order valence-electron chi connectivity index (χ3n) is 2.12. The first-order valence-electron chi connectivity index (χ1n) is 5.58. The Kier molecular flexibility index (Phi) is 8.93. The minimum atomic E-state index is -0.818. The molecule has 0 N–H and O–H groups in total. The maximum absolute atomic E-state index is 11.6. The van der Waals surface area contributed by atoms with Crippen LogP contribution in [0.25, 0.3) is 0 Å². The third-order valence-corrected chi connectivity index (χ3v) is 2.12. The highest BCUT2D eigenvalue weighted by Gasteiger charge is 2.11. The fourth-order valence-corrected chi connectivity index (χ4v) is 1.19. The number of carbonyl (C=O) groups excluding carboxylic acids is 3. The van der Waals surface area contributed by atoms with Gasteiger partial charge in [0.15, 0.2) is 12.4 Å². The Balaban J connectivity index is 0.00000400. The summed E-state index contributed by atoms with van der Waals surface area (Å²) in [5.41, 5.74) is 0.330. The van der Waals surface area contributed by atoms with Crippen LogP contribution in [0.5, 0.6) is 0 Å². The van der Waals surface area contributed by atoms with E-state index in [4.69, 9.17) is 4.74 Å². The number of esters is 3. The van der Waals surface area contributed by atoms with Crippen molar-refractivity contribution in [3.8, 4) is 0 Å². The van der Waals surface area contributed by atoms with Crippen LogP contribution >= 0.6 is 0 Å². The molecule has 1 aromatic heterocycles. The Morgan fingerprint density at radius 3 is 2.48 bits per heavy atom. The molecule has 8 heteroatoms. The summed E-state index contributed by atoms with van der Waals surface area (Å²) in [7, 11) is 2.94. The molecule has 0 bridgehead atoms. The lowest BCUT2D eigenvalue weighted by molar-refractivity contribution is -0.671. The highest BCUT2D eigenvalue weighted by Crippen LogP contribution is 1.98. The predicted molar refractivity (Wildman–Crippen MR) is 65.1 cm³/mol. The van der Waals surface area contributed by atoms with Gasteiger partial charge in [0.1, 0.15) is 12.6 Å². The van der Waals surface area contributed by atoms with Gasteiger partial charge in [0.25, 0.3) is 0 Å². The lowest BCUT2D eigenvalue weighted by Gasteiger charge is -2.03. The summed E-state index contributed by atoms with van der Waals surface area (Å²) in [5.74, 6) is -2.12. The second-order valence-electron chi connectivity index (χ2n) is 3.63. The molecule has 0 unspecified atom stereocenters. The number of hydrogen-bond acceptors (Lipinski definition) is 6. The second kappa shape index (κ2) is 9.86. The molecule has 0 saturated heterocycles. The van der Waals surface area contributed by atoms with Gasteiger partial charge in [-0.1, -0.05) is 0 Å². The second-order valence-corrected chi connectivity index (χ2v) is 3.63. The Labute approximate surface area is 138 Å². The van der Waals surface area contributed by atoms with Crippen molar-refractivity contribution in [2.75, 3.05) is 13.9 Å². The predicted octanol–water partition coefficient (Wildman–Crippen LogP) is -3.10. The van der Waals surface area contributed by atoms with Crippen molar-refractivity contribution >= 4 is 17.9 Å². The van der Waals surface area contributed by atoms with Crippen LogP contribution in [-0.4, -0.2) is 31.8 Å². The van der Waals surface area contributed by atoms with Gasteiger partial charge in [0.05, 0.1) is 7.11 Å². The summed E-state index contributed by atoms with van der Waals surface area (Å²) < 4.78 is 15.3. The number of aromatic nitrogens is 1. The summed E-state index contributed by atoms with van der Waals surface area (Å²) in [5, 5.41) is 0. The zero-order chi connectivity index (χ0) is 15.0. The van der Waals surface area contributed by atoms with E-state index in [9.17, 15) is 14.4 Å². The van der Waals surface area contributed by atoms with Crippen LogP contribution in [0.4, 0.5) is 0 Å². The third kappa shape index (κ3) is 7.40. The maximum Gasteiger partial charge on any atom is 0.347 e. The Bertz CT molecular complexity index is 543. The first kappa shape index (κ1) is 19.0. The van der Waals surface area contributed by atoms with E-state index in [1.165, 1.54) is 7.11 Å². The van der Waals surface area contributed by atoms with E-state index in [0.29, 0.717) is 5.56 Å². The standard InChI is InChI=1S/C13H14NO6.HI/c1-14-7-3-4-10(8-14)13(17)20-9-19-12(16)6-5-11(15)18-2;/h3-8H,9H2,1-2H3;1H/q+1;/p-1/b6-5+;. The molecule has 0 spiro atoms. The summed E-state index contributed by atoms with van der Waals surface area (Å²) in [4.78, 5) is 33.4. The molecular formula is C13H14INO6. The van der Waals surface area contributed by atoms with Crippen LogP contribution in [0.1, 0.15) is 10.4 Å². The molecule has 0 radical (unpaired) electrons. The quantitative estimate of drug-likeness (QED) is 0.169. The zero-order valence-corrected chi connectivity index (χ0v) is 13.6. The van der Waals surface area contributed by atoms with E-state index in [2.05, 4.69) is 9.47 Å². The molecule has 0 aliphatic rings. The summed E-state index contributed by atoms with van der Waals surface area (Å²) in [6.45, 7) is -0.540. The van der Waals surface area contributed by atoms with Gasteiger partial charge < -0.3 is 38.2 Å². The van der Waals surface area contributed by atoms with Crippen LogP contribution < -0.4 is 28.5 Å². The number of hydrogen-bond donors (Lipinski definition) is 0. The average Bonchev–Trinajstić information content (AvgIpc) is 2.44. The number of nitrogens with zero attached hydrogens (tertiary/aromatic N) is 1.